The van der Waals surface area contributed by atoms with Crippen LogP contribution in [0.15, 0.2) is 12.4 Å². The third kappa shape index (κ3) is 4.65. The smallest absolute Gasteiger partial charge is 0.406 e. The van der Waals surface area contributed by atoms with Crippen LogP contribution in [-0.4, -0.2) is 50.6 Å². The third-order valence-corrected chi connectivity index (χ3v) is 2.78. The van der Waals surface area contributed by atoms with Gasteiger partial charge in [0.2, 0.25) is 0 Å². The Morgan fingerprint density at radius 3 is 2.67 bits per heavy atom. The standard InChI is InChI=1S/C11H13F3N4O3/c12-11(13,14)6-18(8-1-2-8)10(21)16-7-3-15-17(4-7)5-9(19)20/h3-4,8H,1-2,5-6H2,(H,16,21)(H,19,20). The monoisotopic (exact) mass is 306 g/mol. The highest BCUT2D eigenvalue weighted by Gasteiger charge is 2.40. The van der Waals surface area contributed by atoms with Crippen LogP contribution in [0.4, 0.5) is 23.7 Å². The Hall–Kier alpha value is -2.26. The summed E-state index contributed by atoms with van der Waals surface area (Å²) < 4.78 is 38.4. The van der Waals surface area contributed by atoms with Crippen molar-refractivity contribution in [1.29, 1.82) is 0 Å². The molecule has 1 saturated carbocycles. The van der Waals surface area contributed by atoms with Crippen LogP contribution in [0.2, 0.25) is 0 Å². The number of carbonyl (C=O) groups excluding carboxylic acids is 1. The van der Waals surface area contributed by atoms with Crippen molar-refractivity contribution in [2.45, 2.75) is 31.6 Å². The normalized spacial score (nSPS) is 14.8. The Bertz CT molecular complexity index is 539. The van der Waals surface area contributed by atoms with Gasteiger partial charge in [0.15, 0.2) is 0 Å². The molecule has 1 aromatic rings. The van der Waals surface area contributed by atoms with Crippen molar-refractivity contribution in [3.05, 3.63) is 12.4 Å². The fraction of sp³-hybridized carbons (Fsp3) is 0.545. The minimum Gasteiger partial charge on any atom is -0.480 e. The highest BCUT2D eigenvalue weighted by molar-refractivity contribution is 5.89. The summed E-state index contributed by atoms with van der Waals surface area (Å²) in [7, 11) is 0. The van der Waals surface area contributed by atoms with Crippen LogP contribution in [0.25, 0.3) is 0 Å². The second-order valence-electron chi connectivity index (χ2n) is 4.72. The number of carboxylic acids is 1. The minimum atomic E-state index is -4.46. The van der Waals surface area contributed by atoms with Gasteiger partial charge in [-0.05, 0) is 12.8 Å². The largest absolute Gasteiger partial charge is 0.480 e. The van der Waals surface area contributed by atoms with E-state index in [1.165, 1.54) is 12.4 Å². The molecular weight excluding hydrogens is 293 g/mol. The van der Waals surface area contributed by atoms with Gasteiger partial charge in [-0.3, -0.25) is 9.48 Å². The summed E-state index contributed by atoms with van der Waals surface area (Å²) in [6, 6.07) is -1.27. The van der Waals surface area contributed by atoms with Crippen molar-refractivity contribution in [2.75, 3.05) is 11.9 Å². The summed E-state index contributed by atoms with van der Waals surface area (Å²) in [5.74, 6) is -1.12. The first-order valence-electron chi connectivity index (χ1n) is 6.13. The maximum Gasteiger partial charge on any atom is 0.406 e. The van der Waals surface area contributed by atoms with Crippen LogP contribution in [0, 0.1) is 0 Å². The number of alkyl halides is 3. The van der Waals surface area contributed by atoms with E-state index in [1.807, 2.05) is 0 Å². The lowest BCUT2D eigenvalue weighted by Crippen LogP contribution is -2.42. The Labute approximate surface area is 117 Å². The molecule has 0 saturated heterocycles. The predicted molar refractivity (Wildman–Crippen MR) is 64.7 cm³/mol. The van der Waals surface area contributed by atoms with Gasteiger partial charge in [0, 0.05) is 12.2 Å². The number of urea groups is 1. The first-order chi connectivity index (χ1) is 9.74. The lowest BCUT2D eigenvalue weighted by Gasteiger charge is -2.23. The summed E-state index contributed by atoms with van der Waals surface area (Å²) in [5, 5.41) is 14.5. The first-order valence-corrected chi connectivity index (χ1v) is 6.13. The molecule has 116 valence electrons. The van der Waals surface area contributed by atoms with Crippen LogP contribution in [0.1, 0.15) is 12.8 Å². The quantitative estimate of drug-likeness (QED) is 0.863. The molecule has 0 aliphatic heterocycles. The molecule has 0 atom stereocenters. The average Bonchev–Trinajstić information content (AvgIpc) is 3.08. The summed E-state index contributed by atoms with van der Waals surface area (Å²) in [4.78, 5) is 23.1. The van der Waals surface area contributed by atoms with E-state index in [2.05, 4.69) is 10.4 Å². The zero-order valence-electron chi connectivity index (χ0n) is 10.8. The molecule has 1 heterocycles. The summed E-state index contributed by atoms with van der Waals surface area (Å²) in [5.41, 5.74) is 0.147. The van der Waals surface area contributed by atoms with E-state index in [4.69, 9.17) is 5.11 Å². The Balaban J connectivity index is 1.98. The average molecular weight is 306 g/mol. The van der Waals surface area contributed by atoms with Crippen LogP contribution in [-0.2, 0) is 11.3 Å². The van der Waals surface area contributed by atoms with E-state index in [-0.39, 0.29) is 5.69 Å². The molecule has 0 radical (unpaired) electrons. The van der Waals surface area contributed by atoms with Gasteiger partial charge in [0.1, 0.15) is 13.1 Å². The van der Waals surface area contributed by atoms with Crippen LogP contribution >= 0.6 is 0 Å². The molecule has 0 spiro atoms. The van der Waals surface area contributed by atoms with Crippen LogP contribution in [0.5, 0.6) is 0 Å². The van der Waals surface area contributed by atoms with Gasteiger partial charge in [-0.1, -0.05) is 0 Å². The van der Waals surface area contributed by atoms with E-state index in [1.54, 1.807) is 0 Å². The molecule has 2 amide bonds. The molecule has 1 aliphatic carbocycles. The molecule has 0 bridgehead atoms. The number of hydrogen-bond acceptors (Lipinski definition) is 3. The van der Waals surface area contributed by atoms with E-state index in [0.717, 1.165) is 9.58 Å². The third-order valence-electron chi connectivity index (χ3n) is 2.78. The molecule has 10 heteroatoms. The van der Waals surface area contributed by atoms with E-state index in [0.29, 0.717) is 12.8 Å². The van der Waals surface area contributed by atoms with E-state index >= 15 is 0 Å². The van der Waals surface area contributed by atoms with Gasteiger partial charge in [0.25, 0.3) is 0 Å². The van der Waals surface area contributed by atoms with Gasteiger partial charge < -0.3 is 15.3 Å². The fourth-order valence-corrected chi connectivity index (χ4v) is 1.79. The topological polar surface area (TPSA) is 87.5 Å². The Kier molecular flexibility index (Phi) is 4.05. The number of carboxylic acid groups (broad SMARTS) is 1. The zero-order chi connectivity index (χ0) is 15.6. The molecule has 21 heavy (non-hydrogen) atoms. The maximum absolute atomic E-state index is 12.4. The van der Waals surface area contributed by atoms with Gasteiger partial charge in [-0.25, -0.2) is 4.79 Å². The predicted octanol–water partition coefficient (Wildman–Crippen LogP) is 1.53. The molecule has 1 aliphatic rings. The van der Waals surface area contributed by atoms with Crippen molar-refractivity contribution in [3.63, 3.8) is 0 Å². The number of aromatic nitrogens is 2. The Morgan fingerprint density at radius 1 is 1.48 bits per heavy atom. The number of nitrogens with zero attached hydrogens (tertiary/aromatic N) is 3. The molecule has 7 nitrogen and oxygen atoms in total. The molecule has 1 aromatic heterocycles. The van der Waals surface area contributed by atoms with Crippen LogP contribution in [0.3, 0.4) is 0 Å². The second-order valence-corrected chi connectivity index (χ2v) is 4.72. The number of nitrogens with one attached hydrogen (secondary N) is 1. The molecule has 1 fully saturated rings. The number of aliphatic carboxylic acids is 1. The van der Waals surface area contributed by atoms with Crippen molar-refractivity contribution in [1.82, 2.24) is 14.7 Å². The van der Waals surface area contributed by atoms with Gasteiger partial charge in [-0.15, -0.1) is 0 Å². The van der Waals surface area contributed by atoms with Gasteiger partial charge >= 0.3 is 18.2 Å². The van der Waals surface area contributed by atoms with Crippen molar-refractivity contribution in [2.24, 2.45) is 0 Å². The maximum atomic E-state index is 12.4. The van der Waals surface area contributed by atoms with Crippen molar-refractivity contribution in [3.8, 4) is 0 Å². The second kappa shape index (κ2) is 5.62. The number of anilines is 1. The van der Waals surface area contributed by atoms with Crippen molar-refractivity contribution < 1.29 is 27.9 Å². The van der Waals surface area contributed by atoms with Gasteiger partial charge in [0.05, 0.1) is 11.9 Å². The molecule has 2 N–H and O–H groups in total. The molecular formula is C11H13F3N4O3. The Morgan fingerprint density at radius 2 is 2.14 bits per heavy atom. The minimum absolute atomic E-state index is 0.147. The summed E-state index contributed by atoms with van der Waals surface area (Å²) in [6.07, 6.45) is -0.957. The summed E-state index contributed by atoms with van der Waals surface area (Å²) in [6.45, 7) is -1.71. The first kappa shape index (κ1) is 15.1. The number of carbonyl (C=O) groups is 2. The number of halogens is 3. The van der Waals surface area contributed by atoms with E-state index < -0.39 is 37.3 Å². The number of amides is 2. The number of rotatable bonds is 5. The summed E-state index contributed by atoms with van der Waals surface area (Å²) >= 11 is 0. The molecule has 0 aromatic carbocycles. The lowest BCUT2D eigenvalue weighted by molar-refractivity contribution is -0.140. The van der Waals surface area contributed by atoms with Crippen LogP contribution < -0.4 is 5.32 Å². The highest BCUT2D eigenvalue weighted by atomic mass is 19.4. The SMILES string of the molecule is O=C(O)Cn1cc(NC(=O)N(CC(F)(F)F)C2CC2)cn1. The molecule has 0 unspecified atom stereocenters. The lowest BCUT2D eigenvalue weighted by atomic mass is 10.4. The highest BCUT2D eigenvalue weighted by Crippen LogP contribution is 2.30. The van der Waals surface area contributed by atoms with Crippen molar-refractivity contribution >= 4 is 17.7 Å². The number of hydrogen-bond donors (Lipinski definition) is 2. The fourth-order valence-electron chi connectivity index (χ4n) is 1.79. The molecule has 2 rings (SSSR count). The van der Waals surface area contributed by atoms with Gasteiger partial charge in [-0.2, -0.15) is 18.3 Å². The van der Waals surface area contributed by atoms with E-state index in [9.17, 15) is 22.8 Å². The zero-order valence-corrected chi connectivity index (χ0v) is 10.8.